The van der Waals surface area contributed by atoms with Gasteiger partial charge < -0.3 is 10.2 Å². The van der Waals surface area contributed by atoms with Crippen LogP contribution in [-0.4, -0.2) is 55.1 Å². The molecule has 0 aromatic carbocycles. The molecule has 18 heavy (non-hydrogen) atoms. The molecule has 0 saturated carbocycles. The van der Waals surface area contributed by atoms with Crippen LogP contribution in [0.5, 0.6) is 0 Å². The second-order valence-electron chi connectivity index (χ2n) is 5.46. The average Bonchev–Trinajstić information content (AvgIpc) is 2.71. The predicted octanol–water partition coefficient (Wildman–Crippen LogP) is 1.51. The maximum absolute atomic E-state index is 4.36. The molecule has 1 N–H and O–H groups in total. The van der Waals surface area contributed by atoms with Gasteiger partial charge in [0.2, 0.25) is 0 Å². The highest BCUT2D eigenvalue weighted by atomic mass is 15.2. The Kier molecular flexibility index (Phi) is 4.19. The fourth-order valence-electron chi connectivity index (χ4n) is 2.88. The molecule has 2 atom stereocenters. The number of pyridine rings is 1. The molecule has 0 amide bonds. The van der Waals surface area contributed by atoms with Crippen molar-refractivity contribution in [2.45, 2.75) is 19.5 Å². The van der Waals surface area contributed by atoms with E-state index in [1.807, 2.05) is 19.3 Å². The van der Waals surface area contributed by atoms with E-state index in [-0.39, 0.29) is 0 Å². The largest absolute Gasteiger partial charge is 0.373 e. The highest BCUT2D eigenvalue weighted by Gasteiger charge is 2.30. The third-order valence-electron chi connectivity index (χ3n) is 3.83. The van der Waals surface area contributed by atoms with Gasteiger partial charge in [-0.05, 0) is 26.1 Å². The molecular weight excluding hydrogens is 224 g/mol. The van der Waals surface area contributed by atoms with E-state index in [9.17, 15) is 0 Å². The van der Waals surface area contributed by atoms with Crippen LogP contribution in [0.1, 0.15) is 12.5 Å². The van der Waals surface area contributed by atoms with Gasteiger partial charge in [0, 0.05) is 44.5 Å². The summed E-state index contributed by atoms with van der Waals surface area (Å²) in [7, 11) is 6.28. The smallest absolute Gasteiger partial charge is 0.130 e. The Labute approximate surface area is 110 Å². The summed E-state index contributed by atoms with van der Waals surface area (Å²) < 4.78 is 0. The van der Waals surface area contributed by atoms with Crippen LogP contribution >= 0.6 is 0 Å². The van der Waals surface area contributed by atoms with Gasteiger partial charge in [-0.25, -0.2) is 4.98 Å². The zero-order valence-corrected chi connectivity index (χ0v) is 11.8. The Hall–Kier alpha value is -1.13. The molecule has 4 nitrogen and oxygen atoms in total. The number of likely N-dealkylation sites (tertiary alicyclic amines) is 1. The van der Waals surface area contributed by atoms with E-state index in [4.69, 9.17) is 0 Å². The molecular formula is C14H24N4. The minimum atomic E-state index is 0.666. The molecule has 2 rings (SSSR count). The van der Waals surface area contributed by atoms with Gasteiger partial charge in [0.15, 0.2) is 0 Å². The van der Waals surface area contributed by atoms with Crippen LogP contribution in [0.15, 0.2) is 18.3 Å². The van der Waals surface area contributed by atoms with Crippen molar-refractivity contribution in [2.75, 3.05) is 39.5 Å². The SMILES string of the molecule is CNc1ncccc1CN1CC(C)C(N(C)C)C1. The van der Waals surface area contributed by atoms with Gasteiger partial charge in [0.1, 0.15) is 5.82 Å². The molecule has 0 spiro atoms. The summed E-state index contributed by atoms with van der Waals surface area (Å²) in [4.78, 5) is 9.23. The molecule has 0 bridgehead atoms. The van der Waals surface area contributed by atoms with Crippen molar-refractivity contribution in [3.8, 4) is 0 Å². The Morgan fingerprint density at radius 2 is 2.22 bits per heavy atom. The monoisotopic (exact) mass is 248 g/mol. The normalized spacial score (nSPS) is 24.7. The first-order valence-corrected chi connectivity index (χ1v) is 6.62. The molecule has 1 aliphatic heterocycles. The van der Waals surface area contributed by atoms with Gasteiger partial charge >= 0.3 is 0 Å². The van der Waals surface area contributed by atoms with Gasteiger partial charge in [0.05, 0.1) is 0 Å². The van der Waals surface area contributed by atoms with Crippen LogP contribution in [0, 0.1) is 5.92 Å². The maximum atomic E-state index is 4.36. The van der Waals surface area contributed by atoms with E-state index in [2.05, 4.69) is 47.2 Å². The number of rotatable bonds is 4. The Bertz CT molecular complexity index is 391. The van der Waals surface area contributed by atoms with Crippen molar-refractivity contribution < 1.29 is 0 Å². The lowest BCUT2D eigenvalue weighted by molar-refractivity contribution is 0.250. The summed E-state index contributed by atoms with van der Waals surface area (Å²) in [5.41, 5.74) is 1.28. The van der Waals surface area contributed by atoms with E-state index in [1.165, 1.54) is 12.1 Å². The highest BCUT2D eigenvalue weighted by Crippen LogP contribution is 2.23. The fraction of sp³-hybridized carbons (Fsp3) is 0.643. The van der Waals surface area contributed by atoms with Crippen LogP contribution < -0.4 is 5.32 Å². The molecule has 0 radical (unpaired) electrons. The van der Waals surface area contributed by atoms with Crippen molar-refractivity contribution in [1.82, 2.24) is 14.8 Å². The molecule has 4 heteroatoms. The maximum Gasteiger partial charge on any atom is 0.130 e. The van der Waals surface area contributed by atoms with Crippen LogP contribution in [0.25, 0.3) is 0 Å². The predicted molar refractivity (Wildman–Crippen MR) is 75.7 cm³/mol. The van der Waals surface area contributed by atoms with Crippen molar-refractivity contribution in [3.05, 3.63) is 23.9 Å². The van der Waals surface area contributed by atoms with Gasteiger partial charge in [-0.1, -0.05) is 13.0 Å². The number of hydrogen-bond donors (Lipinski definition) is 1. The fourth-order valence-corrected chi connectivity index (χ4v) is 2.88. The van der Waals surface area contributed by atoms with Crippen molar-refractivity contribution in [1.29, 1.82) is 0 Å². The van der Waals surface area contributed by atoms with Crippen LogP contribution in [-0.2, 0) is 6.54 Å². The van der Waals surface area contributed by atoms with Gasteiger partial charge in [-0.3, -0.25) is 4.90 Å². The topological polar surface area (TPSA) is 31.4 Å². The van der Waals surface area contributed by atoms with E-state index in [0.29, 0.717) is 6.04 Å². The minimum absolute atomic E-state index is 0.666. The van der Waals surface area contributed by atoms with Gasteiger partial charge in [-0.2, -0.15) is 0 Å². The quantitative estimate of drug-likeness (QED) is 0.875. The Morgan fingerprint density at radius 1 is 1.44 bits per heavy atom. The summed E-state index contributed by atoms with van der Waals surface area (Å²) in [5.74, 6) is 1.73. The number of anilines is 1. The zero-order valence-electron chi connectivity index (χ0n) is 11.8. The molecule has 0 aliphatic carbocycles. The molecule has 1 saturated heterocycles. The molecule has 1 fully saturated rings. The van der Waals surface area contributed by atoms with Crippen molar-refractivity contribution >= 4 is 5.82 Å². The average molecular weight is 248 g/mol. The first kappa shape index (κ1) is 13.3. The third kappa shape index (κ3) is 2.82. The summed E-state index contributed by atoms with van der Waals surface area (Å²) in [6.07, 6.45) is 1.84. The number of hydrogen-bond acceptors (Lipinski definition) is 4. The van der Waals surface area contributed by atoms with Crippen LogP contribution in [0.3, 0.4) is 0 Å². The number of nitrogens with one attached hydrogen (secondary N) is 1. The first-order chi connectivity index (χ1) is 8.61. The lowest BCUT2D eigenvalue weighted by atomic mass is 10.1. The molecule has 2 heterocycles. The molecule has 1 aromatic rings. The zero-order chi connectivity index (χ0) is 13.1. The summed E-state index contributed by atoms with van der Waals surface area (Å²) in [6, 6.07) is 4.84. The molecule has 2 unspecified atom stereocenters. The summed E-state index contributed by atoms with van der Waals surface area (Å²) in [5, 5.41) is 3.17. The second kappa shape index (κ2) is 5.67. The molecule has 100 valence electrons. The van der Waals surface area contributed by atoms with Crippen LogP contribution in [0.4, 0.5) is 5.82 Å². The number of likely N-dealkylation sites (N-methyl/N-ethyl adjacent to an activating group) is 1. The lowest BCUT2D eigenvalue weighted by Crippen LogP contribution is -2.34. The second-order valence-corrected chi connectivity index (χ2v) is 5.46. The minimum Gasteiger partial charge on any atom is -0.373 e. The molecule has 1 aromatic heterocycles. The van der Waals surface area contributed by atoms with E-state index in [1.54, 1.807) is 0 Å². The van der Waals surface area contributed by atoms with E-state index < -0.39 is 0 Å². The molecule has 1 aliphatic rings. The Balaban J connectivity index is 2.03. The Morgan fingerprint density at radius 3 is 2.83 bits per heavy atom. The van der Waals surface area contributed by atoms with Crippen molar-refractivity contribution in [2.24, 2.45) is 5.92 Å². The highest BCUT2D eigenvalue weighted by molar-refractivity contribution is 5.42. The van der Waals surface area contributed by atoms with E-state index >= 15 is 0 Å². The summed E-state index contributed by atoms with van der Waals surface area (Å²) in [6.45, 7) is 5.64. The van der Waals surface area contributed by atoms with Crippen molar-refractivity contribution in [3.63, 3.8) is 0 Å². The number of nitrogens with zero attached hydrogens (tertiary/aromatic N) is 3. The van der Waals surface area contributed by atoms with Crippen LogP contribution in [0.2, 0.25) is 0 Å². The number of aromatic nitrogens is 1. The van der Waals surface area contributed by atoms with Gasteiger partial charge in [0.25, 0.3) is 0 Å². The third-order valence-corrected chi connectivity index (χ3v) is 3.83. The standard InChI is InChI=1S/C14H24N4/c1-11-8-18(10-13(11)17(3)4)9-12-6-5-7-16-14(12)15-2/h5-7,11,13H,8-10H2,1-4H3,(H,15,16). The van der Waals surface area contributed by atoms with E-state index in [0.717, 1.165) is 24.8 Å². The lowest BCUT2D eigenvalue weighted by Gasteiger charge is -2.22. The summed E-state index contributed by atoms with van der Waals surface area (Å²) >= 11 is 0. The first-order valence-electron chi connectivity index (χ1n) is 6.62. The van der Waals surface area contributed by atoms with Gasteiger partial charge in [-0.15, -0.1) is 0 Å².